The van der Waals surface area contributed by atoms with Crippen molar-refractivity contribution in [3.05, 3.63) is 42.0 Å². The first-order chi connectivity index (χ1) is 21.2. The van der Waals surface area contributed by atoms with E-state index in [0.717, 1.165) is 50.5 Å². The summed E-state index contributed by atoms with van der Waals surface area (Å²) in [7, 11) is -3.73. The van der Waals surface area contributed by atoms with Crippen LogP contribution in [0.3, 0.4) is 0 Å². The van der Waals surface area contributed by atoms with Gasteiger partial charge in [0.05, 0.1) is 15.7 Å². The van der Waals surface area contributed by atoms with Crippen molar-refractivity contribution in [2.24, 2.45) is 45.8 Å². The van der Waals surface area contributed by atoms with Crippen molar-refractivity contribution in [1.82, 2.24) is 0 Å². The molecule has 1 aromatic carbocycles. The van der Waals surface area contributed by atoms with E-state index in [9.17, 15) is 31.8 Å². The highest BCUT2D eigenvalue weighted by Gasteiger charge is 2.64. The van der Waals surface area contributed by atoms with Crippen molar-refractivity contribution < 1.29 is 31.8 Å². The number of alkyl halides is 3. The highest BCUT2D eigenvalue weighted by atomic mass is 32.2. The van der Waals surface area contributed by atoms with Gasteiger partial charge in [-0.25, -0.2) is 8.42 Å². The van der Waals surface area contributed by atoms with Gasteiger partial charge in [0.1, 0.15) is 0 Å². The molecule has 0 aromatic heterocycles. The third-order valence-corrected chi connectivity index (χ3v) is 16.9. The van der Waals surface area contributed by atoms with Gasteiger partial charge in [0, 0.05) is 6.42 Å². The molecule has 0 bridgehead atoms. The van der Waals surface area contributed by atoms with Gasteiger partial charge in [-0.3, -0.25) is 0 Å². The average Bonchev–Trinajstić information content (AvgIpc) is 3.35. The van der Waals surface area contributed by atoms with Crippen molar-refractivity contribution in [3.8, 4) is 0 Å². The van der Waals surface area contributed by atoms with Crippen molar-refractivity contribution in [1.29, 1.82) is 0 Å². The van der Waals surface area contributed by atoms with E-state index >= 15 is 0 Å². The van der Waals surface area contributed by atoms with E-state index in [2.05, 4.69) is 34.6 Å². The summed E-state index contributed by atoms with van der Waals surface area (Å²) < 4.78 is 70.4. The molecule has 5 aliphatic rings. The van der Waals surface area contributed by atoms with E-state index < -0.39 is 32.5 Å². The van der Waals surface area contributed by atoms with Crippen molar-refractivity contribution in [2.45, 2.75) is 146 Å². The number of halogens is 3. The molecule has 46 heavy (non-hydrogen) atoms. The van der Waals surface area contributed by atoms with Gasteiger partial charge in [-0.1, -0.05) is 64.5 Å². The number of allylic oxidation sites excluding steroid dienone is 1. The standard InChI is InChI=1S/C38H55F3O4S/c1-25(32(46(44,45)27-9-7-6-8-10-27)24-36(42)20-17-33(2,3)18-21-36)29-13-14-30-28-12-11-26-23-37(43,38(39,40)41)22-19-34(26,4)31(28)15-16-35(29,30)5/h6-11,25,28-32,42-43H,12-24H2,1-5H3/t25-,28-,29+,30-,31-,32?,34-,35+,37-/m0/s1. The molecule has 4 nitrogen and oxygen atoms in total. The summed E-state index contributed by atoms with van der Waals surface area (Å²) in [5.41, 5.74) is -3.14. The minimum Gasteiger partial charge on any atom is -0.390 e. The first kappa shape index (κ1) is 34.5. The summed E-state index contributed by atoms with van der Waals surface area (Å²) >= 11 is 0. The largest absolute Gasteiger partial charge is 0.417 e. The van der Waals surface area contributed by atoms with Crippen LogP contribution in [-0.4, -0.2) is 41.3 Å². The number of fused-ring (bicyclic) bond motifs is 5. The van der Waals surface area contributed by atoms with Gasteiger partial charge in [-0.15, -0.1) is 0 Å². The molecule has 0 amide bonds. The van der Waals surface area contributed by atoms with Crippen LogP contribution in [-0.2, 0) is 9.84 Å². The van der Waals surface area contributed by atoms with Crippen LogP contribution >= 0.6 is 0 Å². The fourth-order valence-corrected chi connectivity index (χ4v) is 13.6. The van der Waals surface area contributed by atoms with Crippen molar-refractivity contribution in [2.75, 3.05) is 0 Å². The SMILES string of the molecule is C[C@H](C(CC1(O)CCC(C)(C)CC1)S(=O)(=O)c1ccccc1)[C@H]1CC[C@H]2[C@@H]3CC=C4C[C@](O)(C(F)(F)F)CC[C@]4(C)[C@H]3CC[C@]12C. The fourth-order valence-electron chi connectivity index (χ4n) is 11.4. The van der Waals surface area contributed by atoms with Crippen LogP contribution in [0.5, 0.6) is 0 Å². The maximum atomic E-state index is 14.5. The molecule has 258 valence electrons. The second-order valence-corrected chi connectivity index (χ2v) is 19.7. The summed E-state index contributed by atoms with van der Waals surface area (Å²) in [6.45, 7) is 11.0. The summed E-state index contributed by atoms with van der Waals surface area (Å²) in [5.74, 6) is 1.00. The lowest BCUT2D eigenvalue weighted by Gasteiger charge is -2.59. The predicted octanol–water partition coefficient (Wildman–Crippen LogP) is 9.06. The van der Waals surface area contributed by atoms with Crippen LogP contribution in [0.1, 0.15) is 118 Å². The van der Waals surface area contributed by atoms with E-state index in [0.29, 0.717) is 36.0 Å². The molecule has 1 aromatic rings. The molecule has 0 radical (unpaired) electrons. The minimum atomic E-state index is -4.64. The van der Waals surface area contributed by atoms with Crippen LogP contribution < -0.4 is 0 Å². The fraction of sp³-hybridized carbons (Fsp3) is 0.789. The third-order valence-electron chi connectivity index (χ3n) is 14.6. The van der Waals surface area contributed by atoms with Gasteiger partial charge in [0.15, 0.2) is 15.4 Å². The van der Waals surface area contributed by atoms with Gasteiger partial charge in [0.25, 0.3) is 0 Å². The van der Waals surface area contributed by atoms with E-state index in [-0.39, 0.29) is 53.3 Å². The van der Waals surface area contributed by atoms with E-state index in [1.165, 1.54) is 0 Å². The molecule has 0 spiro atoms. The Kier molecular flexibility index (Phi) is 8.49. The Hall–Kier alpha value is -1.38. The number of benzene rings is 1. The van der Waals surface area contributed by atoms with Crippen LogP contribution in [0, 0.1) is 45.8 Å². The topological polar surface area (TPSA) is 74.6 Å². The summed E-state index contributed by atoms with van der Waals surface area (Å²) in [6.07, 6.45) is 4.86. The lowest BCUT2D eigenvalue weighted by atomic mass is 9.46. The Balaban J connectivity index is 1.28. The van der Waals surface area contributed by atoms with Gasteiger partial charge in [-0.2, -0.15) is 13.2 Å². The van der Waals surface area contributed by atoms with Crippen LogP contribution in [0.4, 0.5) is 13.2 Å². The Morgan fingerprint density at radius 2 is 1.52 bits per heavy atom. The van der Waals surface area contributed by atoms with Gasteiger partial charge in [-0.05, 0) is 135 Å². The summed E-state index contributed by atoms with van der Waals surface area (Å²) in [5, 5.41) is 21.8. The van der Waals surface area contributed by atoms with Crippen LogP contribution in [0.2, 0.25) is 0 Å². The molecule has 4 saturated carbocycles. The van der Waals surface area contributed by atoms with Crippen LogP contribution in [0.25, 0.3) is 0 Å². The predicted molar refractivity (Wildman–Crippen MR) is 175 cm³/mol. The lowest BCUT2D eigenvalue weighted by molar-refractivity contribution is -0.271. The normalized spacial score (nSPS) is 40.2. The smallest absolute Gasteiger partial charge is 0.390 e. The van der Waals surface area contributed by atoms with E-state index in [4.69, 9.17) is 0 Å². The maximum absolute atomic E-state index is 14.5. The van der Waals surface area contributed by atoms with Crippen molar-refractivity contribution >= 4 is 9.84 Å². The monoisotopic (exact) mass is 664 g/mol. The quantitative estimate of drug-likeness (QED) is 0.298. The molecular formula is C38H55F3O4S. The Morgan fingerprint density at radius 1 is 0.870 bits per heavy atom. The second kappa shape index (κ2) is 11.3. The third kappa shape index (κ3) is 5.62. The second-order valence-electron chi connectivity index (χ2n) is 17.5. The zero-order valence-corrected chi connectivity index (χ0v) is 29.2. The highest BCUT2D eigenvalue weighted by molar-refractivity contribution is 7.92. The number of aliphatic hydroxyl groups is 2. The Bertz CT molecular complexity index is 1430. The summed E-state index contributed by atoms with van der Waals surface area (Å²) in [4.78, 5) is 0.323. The van der Waals surface area contributed by atoms with Crippen molar-refractivity contribution in [3.63, 3.8) is 0 Å². The molecule has 1 unspecified atom stereocenters. The molecule has 0 saturated heterocycles. The molecule has 2 N–H and O–H groups in total. The van der Waals surface area contributed by atoms with Gasteiger partial charge in [0.2, 0.25) is 0 Å². The molecule has 9 atom stereocenters. The molecular weight excluding hydrogens is 609 g/mol. The first-order valence-electron chi connectivity index (χ1n) is 17.7. The zero-order valence-electron chi connectivity index (χ0n) is 28.4. The zero-order chi connectivity index (χ0) is 33.6. The van der Waals surface area contributed by atoms with E-state index in [1.54, 1.807) is 24.3 Å². The molecule has 6 rings (SSSR count). The lowest BCUT2D eigenvalue weighted by Crippen LogP contribution is -2.56. The van der Waals surface area contributed by atoms with Gasteiger partial charge < -0.3 is 10.2 Å². The maximum Gasteiger partial charge on any atom is 0.417 e. The molecule has 8 heteroatoms. The van der Waals surface area contributed by atoms with Gasteiger partial charge >= 0.3 is 6.18 Å². The highest BCUT2D eigenvalue weighted by Crippen LogP contribution is 2.68. The summed E-state index contributed by atoms with van der Waals surface area (Å²) in [6, 6.07) is 8.74. The number of sulfone groups is 1. The van der Waals surface area contributed by atoms with Crippen LogP contribution in [0.15, 0.2) is 46.9 Å². The molecule has 5 aliphatic carbocycles. The molecule has 0 heterocycles. The molecule has 0 aliphatic heterocycles. The Labute approximate surface area is 274 Å². The first-order valence-corrected chi connectivity index (χ1v) is 19.3. The minimum absolute atomic E-state index is 0.0781. The van der Waals surface area contributed by atoms with E-state index in [1.807, 2.05) is 12.1 Å². The average molecular weight is 665 g/mol. The molecule has 4 fully saturated rings. The number of rotatable bonds is 6. The number of hydrogen-bond donors (Lipinski definition) is 2. The Morgan fingerprint density at radius 3 is 2.15 bits per heavy atom. The number of hydrogen-bond acceptors (Lipinski definition) is 4.